The highest BCUT2D eigenvalue weighted by atomic mass is 15.2. The number of hydrogen-bond donors (Lipinski definition) is 0. The Kier molecular flexibility index (Phi) is 9.27. The monoisotopic (exact) mass is 740 g/mol. The molecule has 0 saturated heterocycles. The maximum atomic E-state index is 2.43. The highest BCUT2D eigenvalue weighted by Crippen LogP contribution is 2.49. The van der Waals surface area contributed by atoms with Crippen molar-refractivity contribution in [3.05, 3.63) is 243 Å². The minimum Gasteiger partial charge on any atom is -0.310 e. The average Bonchev–Trinajstić information content (AvgIpc) is 3.31. The summed E-state index contributed by atoms with van der Waals surface area (Å²) < 4.78 is 0. The number of benzene rings is 10. The number of hydrogen-bond acceptors (Lipinski definition) is 2. The van der Waals surface area contributed by atoms with Gasteiger partial charge in [0.1, 0.15) is 0 Å². The van der Waals surface area contributed by atoms with Crippen molar-refractivity contribution in [2.75, 3.05) is 9.80 Å². The van der Waals surface area contributed by atoms with E-state index in [2.05, 4.69) is 252 Å². The molecule has 0 aliphatic heterocycles. The molecule has 10 aromatic rings. The Morgan fingerprint density at radius 1 is 0.224 bits per heavy atom. The lowest BCUT2D eigenvalue weighted by Crippen LogP contribution is -2.12. The van der Waals surface area contributed by atoms with E-state index in [1.54, 1.807) is 0 Å². The highest BCUT2D eigenvalue weighted by Gasteiger charge is 2.23. The van der Waals surface area contributed by atoms with Gasteiger partial charge in [0.15, 0.2) is 0 Å². The van der Waals surface area contributed by atoms with Crippen LogP contribution >= 0.6 is 0 Å². The largest absolute Gasteiger partial charge is 0.310 e. The first-order chi connectivity index (χ1) is 28.8. The molecule has 0 spiro atoms. The lowest BCUT2D eigenvalue weighted by atomic mass is 9.92. The van der Waals surface area contributed by atoms with Gasteiger partial charge in [-0.25, -0.2) is 0 Å². The SMILES string of the molecule is c1ccc(-c2ccc(N(c3ccccc3)c3c(-c4ccc(N(c5ccccc5)c5ccc(-c6ccccc6)cc5)c5ccccc45)ccc4ccccc34)cc2)cc1. The Balaban J connectivity index is 1.17. The summed E-state index contributed by atoms with van der Waals surface area (Å²) in [6.45, 7) is 0. The lowest BCUT2D eigenvalue weighted by Gasteiger charge is -2.31. The van der Waals surface area contributed by atoms with Gasteiger partial charge in [-0.15, -0.1) is 0 Å². The maximum absolute atomic E-state index is 2.43. The van der Waals surface area contributed by atoms with Crippen molar-refractivity contribution in [3.63, 3.8) is 0 Å². The van der Waals surface area contributed by atoms with Gasteiger partial charge in [0.05, 0.1) is 11.4 Å². The van der Waals surface area contributed by atoms with E-state index in [4.69, 9.17) is 0 Å². The van der Waals surface area contributed by atoms with E-state index in [0.29, 0.717) is 0 Å². The first kappa shape index (κ1) is 34.8. The van der Waals surface area contributed by atoms with E-state index in [9.17, 15) is 0 Å². The van der Waals surface area contributed by atoms with Crippen molar-refractivity contribution in [1.82, 2.24) is 0 Å². The molecule has 0 radical (unpaired) electrons. The van der Waals surface area contributed by atoms with Crippen LogP contribution in [0.3, 0.4) is 0 Å². The summed E-state index contributed by atoms with van der Waals surface area (Å²) in [5.41, 5.74) is 13.8. The fourth-order valence-corrected chi connectivity index (χ4v) is 8.28. The highest BCUT2D eigenvalue weighted by molar-refractivity contribution is 6.13. The van der Waals surface area contributed by atoms with E-state index in [1.165, 1.54) is 49.4 Å². The van der Waals surface area contributed by atoms with Crippen molar-refractivity contribution >= 4 is 55.7 Å². The molecule has 0 N–H and O–H groups in total. The van der Waals surface area contributed by atoms with E-state index < -0.39 is 0 Å². The Morgan fingerprint density at radius 2 is 0.621 bits per heavy atom. The van der Waals surface area contributed by atoms with Gasteiger partial charge in [-0.05, 0) is 93.2 Å². The quantitative estimate of drug-likeness (QED) is 0.145. The van der Waals surface area contributed by atoms with Crippen LogP contribution in [0.1, 0.15) is 0 Å². The van der Waals surface area contributed by atoms with Gasteiger partial charge in [0, 0.05) is 39.1 Å². The molecule has 0 amide bonds. The molecule has 0 saturated carbocycles. The Bertz CT molecular complexity index is 2960. The molecule has 0 aliphatic rings. The Labute approximate surface area is 340 Å². The molecule has 10 rings (SSSR count). The minimum absolute atomic E-state index is 1.10. The van der Waals surface area contributed by atoms with Crippen molar-refractivity contribution in [3.8, 4) is 33.4 Å². The van der Waals surface area contributed by atoms with Crippen LogP contribution in [0.25, 0.3) is 54.9 Å². The van der Waals surface area contributed by atoms with Gasteiger partial charge < -0.3 is 9.80 Å². The molecule has 274 valence electrons. The Hall–Kier alpha value is -7.68. The van der Waals surface area contributed by atoms with Gasteiger partial charge >= 0.3 is 0 Å². The van der Waals surface area contributed by atoms with E-state index in [-0.39, 0.29) is 0 Å². The standard InChI is InChI=1S/C56H40N2/c1-5-17-41(18-6-1)43-29-34-48(35-30-43)57(46-22-9-3-10-23-46)55-40-39-52(51-27-15-16-28-53(51)55)54-38-33-45-21-13-14-26-50(45)56(54)58(47-24-11-4-12-25-47)49-36-31-44(32-37-49)42-19-7-2-8-20-42/h1-40H. The molecular weight excluding hydrogens is 701 g/mol. The zero-order chi connectivity index (χ0) is 38.7. The van der Waals surface area contributed by atoms with Crippen LogP contribution < -0.4 is 9.80 Å². The van der Waals surface area contributed by atoms with E-state index in [1.807, 2.05) is 0 Å². The zero-order valence-corrected chi connectivity index (χ0v) is 32.0. The summed E-state index contributed by atoms with van der Waals surface area (Å²) in [6.07, 6.45) is 0. The number of anilines is 6. The third-order valence-electron chi connectivity index (χ3n) is 11.1. The molecule has 0 unspecified atom stereocenters. The van der Waals surface area contributed by atoms with Crippen LogP contribution in [0.2, 0.25) is 0 Å². The van der Waals surface area contributed by atoms with Crippen LogP contribution in [0.4, 0.5) is 34.1 Å². The second-order valence-corrected chi connectivity index (χ2v) is 14.5. The number of fused-ring (bicyclic) bond motifs is 2. The molecule has 2 heteroatoms. The molecule has 0 atom stereocenters. The third kappa shape index (κ3) is 6.57. The first-order valence-corrected chi connectivity index (χ1v) is 19.9. The second kappa shape index (κ2) is 15.5. The van der Waals surface area contributed by atoms with Crippen molar-refractivity contribution < 1.29 is 0 Å². The fraction of sp³-hybridized carbons (Fsp3) is 0. The fourth-order valence-electron chi connectivity index (χ4n) is 8.28. The predicted molar refractivity (Wildman–Crippen MR) is 247 cm³/mol. The molecule has 10 aromatic carbocycles. The van der Waals surface area contributed by atoms with Gasteiger partial charge in [0.2, 0.25) is 0 Å². The topological polar surface area (TPSA) is 6.48 Å². The van der Waals surface area contributed by atoms with E-state index in [0.717, 1.165) is 39.7 Å². The van der Waals surface area contributed by atoms with Crippen LogP contribution in [0, 0.1) is 0 Å². The smallest absolute Gasteiger partial charge is 0.0618 e. The molecular formula is C56H40N2. The average molecular weight is 741 g/mol. The zero-order valence-electron chi connectivity index (χ0n) is 32.0. The summed E-state index contributed by atoms with van der Waals surface area (Å²) >= 11 is 0. The van der Waals surface area contributed by atoms with Crippen LogP contribution in [0.15, 0.2) is 243 Å². The van der Waals surface area contributed by atoms with E-state index >= 15 is 0 Å². The first-order valence-electron chi connectivity index (χ1n) is 19.9. The van der Waals surface area contributed by atoms with Crippen LogP contribution in [0.5, 0.6) is 0 Å². The summed E-state index contributed by atoms with van der Waals surface area (Å²) in [5.74, 6) is 0. The lowest BCUT2D eigenvalue weighted by molar-refractivity contribution is 1.29. The van der Waals surface area contributed by atoms with Gasteiger partial charge in [-0.3, -0.25) is 0 Å². The Morgan fingerprint density at radius 3 is 1.19 bits per heavy atom. The van der Waals surface area contributed by atoms with Gasteiger partial charge in [-0.1, -0.05) is 188 Å². The van der Waals surface area contributed by atoms with Crippen LogP contribution in [-0.2, 0) is 0 Å². The summed E-state index contributed by atoms with van der Waals surface area (Å²) in [7, 11) is 0. The number of rotatable bonds is 9. The normalized spacial score (nSPS) is 11.1. The number of nitrogens with zero attached hydrogens (tertiary/aromatic N) is 2. The second-order valence-electron chi connectivity index (χ2n) is 14.5. The third-order valence-corrected chi connectivity index (χ3v) is 11.1. The summed E-state index contributed by atoms with van der Waals surface area (Å²) in [5, 5.41) is 4.74. The van der Waals surface area contributed by atoms with Crippen molar-refractivity contribution in [1.29, 1.82) is 0 Å². The van der Waals surface area contributed by atoms with Crippen molar-refractivity contribution in [2.45, 2.75) is 0 Å². The molecule has 0 aromatic heterocycles. The molecule has 0 fully saturated rings. The molecule has 0 aliphatic carbocycles. The molecule has 0 heterocycles. The van der Waals surface area contributed by atoms with Crippen LogP contribution in [-0.4, -0.2) is 0 Å². The maximum Gasteiger partial charge on any atom is 0.0618 e. The minimum atomic E-state index is 1.10. The summed E-state index contributed by atoms with van der Waals surface area (Å²) in [4.78, 5) is 4.81. The molecule has 0 bridgehead atoms. The predicted octanol–water partition coefficient (Wildman–Crippen LogP) is 15.9. The molecule has 58 heavy (non-hydrogen) atoms. The number of para-hydroxylation sites is 2. The van der Waals surface area contributed by atoms with Crippen molar-refractivity contribution in [2.24, 2.45) is 0 Å². The van der Waals surface area contributed by atoms with Gasteiger partial charge in [-0.2, -0.15) is 0 Å². The summed E-state index contributed by atoms with van der Waals surface area (Å²) in [6, 6.07) is 87.3. The molecule has 2 nitrogen and oxygen atoms in total. The van der Waals surface area contributed by atoms with Gasteiger partial charge in [0.25, 0.3) is 0 Å².